The van der Waals surface area contributed by atoms with E-state index in [2.05, 4.69) is 61.9 Å². The van der Waals surface area contributed by atoms with Crippen LogP contribution in [0.15, 0.2) is 29.3 Å². The fourth-order valence-electron chi connectivity index (χ4n) is 4.37. The SMILES string of the molecule is Cc1ccccc1N1C(N)=NCC12CC(C)(C)CC2C. The van der Waals surface area contributed by atoms with Gasteiger partial charge in [-0.1, -0.05) is 39.0 Å². The van der Waals surface area contributed by atoms with Gasteiger partial charge in [-0.2, -0.15) is 0 Å². The standard InChI is InChI=1S/C17H25N3/c1-12-7-5-6-8-14(12)20-15(18)19-11-17(20)10-16(3,4)9-13(17)2/h5-8,13H,9-11H2,1-4H3,(H2,18,19). The molecular weight excluding hydrogens is 246 g/mol. The summed E-state index contributed by atoms with van der Waals surface area (Å²) in [6.07, 6.45) is 2.39. The third-order valence-corrected chi connectivity index (χ3v) is 5.11. The average Bonchev–Trinajstić information content (AvgIpc) is 2.79. The summed E-state index contributed by atoms with van der Waals surface area (Å²) in [7, 11) is 0. The van der Waals surface area contributed by atoms with Crippen LogP contribution in [0.5, 0.6) is 0 Å². The summed E-state index contributed by atoms with van der Waals surface area (Å²) >= 11 is 0. The smallest absolute Gasteiger partial charge is 0.196 e. The molecule has 1 fully saturated rings. The van der Waals surface area contributed by atoms with Gasteiger partial charge >= 0.3 is 0 Å². The van der Waals surface area contributed by atoms with Gasteiger partial charge in [0.25, 0.3) is 0 Å². The van der Waals surface area contributed by atoms with Crippen LogP contribution in [0, 0.1) is 18.3 Å². The molecule has 2 unspecified atom stereocenters. The molecule has 1 aliphatic carbocycles. The number of para-hydroxylation sites is 1. The number of aryl methyl sites for hydroxylation is 1. The first-order valence-electron chi connectivity index (χ1n) is 7.52. The number of rotatable bonds is 1. The lowest BCUT2D eigenvalue weighted by atomic mass is 9.85. The van der Waals surface area contributed by atoms with E-state index in [1.807, 2.05) is 0 Å². The van der Waals surface area contributed by atoms with Crippen molar-refractivity contribution in [2.75, 3.05) is 11.4 Å². The molecule has 3 heteroatoms. The van der Waals surface area contributed by atoms with E-state index in [-0.39, 0.29) is 5.54 Å². The summed E-state index contributed by atoms with van der Waals surface area (Å²) in [5, 5.41) is 0. The van der Waals surface area contributed by atoms with Crippen molar-refractivity contribution >= 4 is 11.6 Å². The minimum atomic E-state index is 0.0691. The number of hydrogen-bond donors (Lipinski definition) is 1. The number of nitrogens with two attached hydrogens (primary N) is 1. The summed E-state index contributed by atoms with van der Waals surface area (Å²) in [6, 6.07) is 8.49. The highest BCUT2D eigenvalue weighted by Gasteiger charge is 2.55. The van der Waals surface area contributed by atoms with Gasteiger partial charge in [-0.15, -0.1) is 0 Å². The van der Waals surface area contributed by atoms with Gasteiger partial charge in [-0.25, -0.2) is 0 Å². The first kappa shape index (κ1) is 13.5. The number of nitrogens with zero attached hydrogens (tertiary/aromatic N) is 2. The normalized spacial score (nSPS) is 31.9. The van der Waals surface area contributed by atoms with E-state index < -0.39 is 0 Å². The Hall–Kier alpha value is -1.51. The molecule has 0 radical (unpaired) electrons. The molecule has 1 saturated carbocycles. The number of guanidine groups is 1. The third kappa shape index (κ3) is 1.83. The first-order valence-corrected chi connectivity index (χ1v) is 7.52. The predicted molar refractivity (Wildman–Crippen MR) is 85.1 cm³/mol. The van der Waals surface area contributed by atoms with E-state index in [1.165, 1.54) is 17.7 Å². The van der Waals surface area contributed by atoms with Crippen LogP contribution in [0.3, 0.4) is 0 Å². The molecule has 3 rings (SSSR count). The molecule has 20 heavy (non-hydrogen) atoms. The third-order valence-electron chi connectivity index (χ3n) is 5.11. The van der Waals surface area contributed by atoms with Crippen LogP contribution in [0.1, 0.15) is 39.2 Å². The van der Waals surface area contributed by atoms with Crippen molar-refractivity contribution in [3.05, 3.63) is 29.8 Å². The van der Waals surface area contributed by atoms with Crippen molar-refractivity contribution in [1.29, 1.82) is 0 Å². The summed E-state index contributed by atoms with van der Waals surface area (Å²) < 4.78 is 0. The average molecular weight is 271 g/mol. The number of benzene rings is 1. The van der Waals surface area contributed by atoms with Crippen LogP contribution >= 0.6 is 0 Å². The maximum Gasteiger partial charge on any atom is 0.196 e. The Morgan fingerprint density at radius 2 is 2.00 bits per heavy atom. The lowest BCUT2D eigenvalue weighted by Crippen LogP contribution is -2.54. The predicted octanol–water partition coefficient (Wildman–Crippen LogP) is 3.32. The molecule has 0 aromatic heterocycles. The number of aliphatic imine (C=N–C) groups is 1. The fraction of sp³-hybridized carbons (Fsp3) is 0.588. The Kier molecular flexibility index (Phi) is 2.86. The molecule has 1 aromatic carbocycles. The van der Waals surface area contributed by atoms with Gasteiger partial charge in [0.15, 0.2) is 5.96 Å². The highest BCUT2D eigenvalue weighted by atomic mass is 15.4. The van der Waals surface area contributed by atoms with Gasteiger partial charge < -0.3 is 10.6 Å². The zero-order valence-corrected chi connectivity index (χ0v) is 13.0. The van der Waals surface area contributed by atoms with Gasteiger partial charge in [-0.05, 0) is 42.7 Å². The lowest BCUT2D eigenvalue weighted by molar-refractivity contribution is 0.341. The van der Waals surface area contributed by atoms with Gasteiger partial charge in [0.1, 0.15) is 0 Å². The zero-order chi connectivity index (χ0) is 14.5. The molecule has 1 aromatic rings. The molecule has 108 valence electrons. The molecule has 1 heterocycles. The number of anilines is 1. The monoisotopic (exact) mass is 271 g/mol. The maximum absolute atomic E-state index is 6.26. The maximum atomic E-state index is 6.26. The van der Waals surface area contributed by atoms with E-state index in [1.54, 1.807) is 0 Å². The van der Waals surface area contributed by atoms with Gasteiger partial charge in [0.05, 0.1) is 12.1 Å². The minimum Gasteiger partial charge on any atom is -0.369 e. The van der Waals surface area contributed by atoms with E-state index in [0.29, 0.717) is 17.3 Å². The largest absolute Gasteiger partial charge is 0.369 e. The Balaban J connectivity index is 2.08. The molecule has 2 aliphatic rings. The van der Waals surface area contributed by atoms with Crippen molar-refractivity contribution in [3.63, 3.8) is 0 Å². The molecule has 1 aliphatic heterocycles. The topological polar surface area (TPSA) is 41.6 Å². The van der Waals surface area contributed by atoms with Crippen LogP contribution in [-0.4, -0.2) is 18.0 Å². The minimum absolute atomic E-state index is 0.0691. The van der Waals surface area contributed by atoms with Crippen molar-refractivity contribution in [2.45, 2.75) is 46.1 Å². The summed E-state index contributed by atoms with van der Waals surface area (Å²) in [5.74, 6) is 1.28. The van der Waals surface area contributed by atoms with Gasteiger partial charge in [0, 0.05) is 5.69 Å². The second-order valence-corrected chi connectivity index (χ2v) is 7.35. The van der Waals surface area contributed by atoms with E-state index in [0.717, 1.165) is 13.0 Å². The lowest BCUT2D eigenvalue weighted by Gasteiger charge is -2.41. The second kappa shape index (κ2) is 4.24. The number of hydrogen-bond acceptors (Lipinski definition) is 3. The van der Waals surface area contributed by atoms with Crippen LogP contribution in [0.2, 0.25) is 0 Å². The van der Waals surface area contributed by atoms with Crippen molar-refractivity contribution < 1.29 is 0 Å². The van der Waals surface area contributed by atoms with Crippen LogP contribution in [-0.2, 0) is 0 Å². The van der Waals surface area contributed by atoms with E-state index in [4.69, 9.17) is 5.73 Å². The molecule has 1 spiro atoms. The molecule has 2 N–H and O–H groups in total. The molecular formula is C17H25N3. The zero-order valence-electron chi connectivity index (χ0n) is 13.0. The van der Waals surface area contributed by atoms with Crippen molar-refractivity contribution in [2.24, 2.45) is 22.1 Å². The highest BCUT2D eigenvalue weighted by molar-refractivity contribution is 5.99. The summed E-state index contributed by atoms with van der Waals surface area (Å²) in [5.41, 5.74) is 9.18. The second-order valence-electron chi connectivity index (χ2n) is 7.35. The Labute approximate surface area is 121 Å². The van der Waals surface area contributed by atoms with Crippen LogP contribution in [0.25, 0.3) is 0 Å². The molecule has 0 saturated heterocycles. The van der Waals surface area contributed by atoms with Gasteiger partial charge in [-0.3, -0.25) is 4.99 Å². The van der Waals surface area contributed by atoms with Gasteiger partial charge in [0.2, 0.25) is 0 Å². The van der Waals surface area contributed by atoms with Crippen LogP contribution < -0.4 is 10.6 Å². The molecule has 3 nitrogen and oxygen atoms in total. The molecule has 0 bridgehead atoms. The van der Waals surface area contributed by atoms with Crippen molar-refractivity contribution in [3.8, 4) is 0 Å². The molecule has 2 atom stereocenters. The summed E-state index contributed by atoms with van der Waals surface area (Å²) in [6.45, 7) is 10.1. The molecule has 0 amide bonds. The first-order chi connectivity index (χ1) is 9.36. The fourth-order valence-corrected chi connectivity index (χ4v) is 4.37. The van der Waals surface area contributed by atoms with Crippen LogP contribution in [0.4, 0.5) is 5.69 Å². The Bertz CT molecular complexity index is 561. The Morgan fingerprint density at radius 3 is 2.60 bits per heavy atom. The summed E-state index contributed by atoms with van der Waals surface area (Å²) in [4.78, 5) is 6.93. The van der Waals surface area contributed by atoms with E-state index >= 15 is 0 Å². The van der Waals surface area contributed by atoms with Crippen molar-refractivity contribution in [1.82, 2.24) is 0 Å². The Morgan fingerprint density at radius 1 is 1.30 bits per heavy atom. The quantitative estimate of drug-likeness (QED) is 0.851. The highest BCUT2D eigenvalue weighted by Crippen LogP contribution is 2.53. The van der Waals surface area contributed by atoms with E-state index in [9.17, 15) is 0 Å².